The summed E-state index contributed by atoms with van der Waals surface area (Å²) in [4.78, 5) is 14.4. The Balaban J connectivity index is 2.24. The fourth-order valence-electron chi connectivity index (χ4n) is 3.12. The molecule has 0 heterocycles. The van der Waals surface area contributed by atoms with Crippen molar-refractivity contribution in [3.05, 3.63) is 23.8 Å². The maximum Gasteiger partial charge on any atom is 0.254 e. The quantitative estimate of drug-likeness (QED) is 0.782. The molecule has 1 amide bonds. The van der Waals surface area contributed by atoms with Gasteiger partial charge in [0.15, 0.2) is 0 Å². The van der Waals surface area contributed by atoms with Crippen molar-refractivity contribution in [2.45, 2.75) is 32.2 Å². The number of carbonyl (C=O) groups excluding carboxylic acids is 1. The van der Waals surface area contributed by atoms with Gasteiger partial charge in [0, 0.05) is 24.2 Å². The van der Waals surface area contributed by atoms with Gasteiger partial charge in [0.2, 0.25) is 0 Å². The van der Waals surface area contributed by atoms with Crippen molar-refractivity contribution >= 4 is 5.91 Å². The number of nitrogens with two attached hydrogens (primary N) is 1. The molecule has 1 saturated carbocycles. The normalized spacial score (nSPS) is 21.9. The predicted octanol–water partition coefficient (Wildman–Crippen LogP) is 1.69. The Bertz CT molecular complexity index is 470. The van der Waals surface area contributed by atoms with Crippen LogP contribution in [-0.4, -0.2) is 40.2 Å². The lowest BCUT2D eigenvalue weighted by Gasteiger charge is -2.32. The summed E-state index contributed by atoms with van der Waals surface area (Å²) in [7, 11) is 0. The van der Waals surface area contributed by atoms with Crippen LogP contribution in [-0.2, 0) is 0 Å². The molecule has 110 valence electrons. The molecule has 20 heavy (non-hydrogen) atoms. The molecule has 5 nitrogen and oxygen atoms in total. The molecule has 2 rings (SSSR count). The highest BCUT2D eigenvalue weighted by molar-refractivity contribution is 5.95. The summed E-state index contributed by atoms with van der Waals surface area (Å²) in [5.41, 5.74) is 6.10. The van der Waals surface area contributed by atoms with E-state index in [0.29, 0.717) is 24.6 Å². The first kappa shape index (κ1) is 14.7. The van der Waals surface area contributed by atoms with Crippen LogP contribution < -0.4 is 5.73 Å². The van der Waals surface area contributed by atoms with Gasteiger partial charge in [-0.25, -0.2) is 0 Å². The van der Waals surface area contributed by atoms with Crippen molar-refractivity contribution < 1.29 is 15.0 Å². The molecule has 0 bridgehead atoms. The number of phenolic OH excluding ortho intramolecular Hbond substituents is 2. The van der Waals surface area contributed by atoms with E-state index in [2.05, 4.69) is 0 Å². The summed E-state index contributed by atoms with van der Waals surface area (Å²) in [5.74, 6) is -0.0359. The highest BCUT2D eigenvalue weighted by atomic mass is 16.3. The molecule has 1 aliphatic carbocycles. The summed E-state index contributed by atoms with van der Waals surface area (Å²) >= 11 is 0. The molecule has 0 spiro atoms. The maximum atomic E-state index is 12.6. The van der Waals surface area contributed by atoms with Crippen molar-refractivity contribution in [1.82, 2.24) is 4.90 Å². The third-order valence-electron chi connectivity index (χ3n) is 4.07. The Morgan fingerprint density at radius 2 is 1.95 bits per heavy atom. The Kier molecular flexibility index (Phi) is 4.49. The molecule has 0 radical (unpaired) electrons. The van der Waals surface area contributed by atoms with Crippen LogP contribution in [0, 0.1) is 5.92 Å². The monoisotopic (exact) mass is 278 g/mol. The molecule has 0 aromatic heterocycles. The largest absolute Gasteiger partial charge is 0.508 e. The zero-order valence-corrected chi connectivity index (χ0v) is 11.7. The van der Waals surface area contributed by atoms with E-state index in [9.17, 15) is 15.0 Å². The van der Waals surface area contributed by atoms with E-state index in [1.807, 2.05) is 6.92 Å². The van der Waals surface area contributed by atoms with E-state index in [-0.39, 0.29) is 23.4 Å². The van der Waals surface area contributed by atoms with Gasteiger partial charge in [0.05, 0.1) is 0 Å². The molecule has 0 aliphatic heterocycles. The fourth-order valence-corrected chi connectivity index (χ4v) is 3.12. The lowest BCUT2D eigenvalue weighted by atomic mass is 10.0. The second-order valence-corrected chi connectivity index (χ2v) is 5.32. The van der Waals surface area contributed by atoms with Gasteiger partial charge in [-0.3, -0.25) is 4.79 Å². The number of nitrogens with zero attached hydrogens (tertiary/aromatic N) is 1. The summed E-state index contributed by atoms with van der Waals surface area (Å²) in [5, 5.41) is 19.0. The average molecular weight is 278 g/mol. The van der Waals surface area contributed by atoms with Crippen LogP contribution in [0.25, 0.3) is 0 Å². The van der Waals surface area contributed by atoms with Crippen LogP contribution in [0.5, 0.6) is 11.5 Å². The lowest BCUT2D eigenvalue weighted by Crippen LogP contribution is -2.44. The molecule has 1 aromatic rings. The third kappa shape index (κ3) is 2.88. The highest BCUT2D eigenvalue weighted by Gasteiger charge is 2.33. The number of aromatic hydroxyl groups is 2. The molecule has 2 unspecified atom stereocenters. The second-order valence-electron chi connectivity index (χ2n) is 5.32. The van der Waals surface area contributed by atoms with E-state index in [1.165, 1.54) is 18.2 Å². The number of rotatable bonds is 4. The first-order valence-corrected chi connectivity index (χ1v) is 7.10. The van der Waals surface area contributed by atoms with Crippen LogP contribution in [0.3, 0.4) is 0 Å². The van der Waals surface area contributed by atoms with Gasteiger partial charge in [-0.15, -0.1) is 0 Å². The molecule has 1 aromatic carbocycles. The minimum atomic E-state index is -0.163. The SMILES string of the molecule is CCN(C(=O)c1cc(O)cc(O)c1)C1CCCC1CN. The van der Waals surface area contributed by atoms with Gasteiger partial charge in [-0.2, -0.15) is 0 Å². The van der Waals surface area contributed by atoms with Crippen molar-refractivity contribution in [2.75, 3.05) is 13.1 Å². The standard InChI is InChI=1S/C15H22N2O3/c1-2-17(14-5-3-4-10(14)9-16)15(20)11-6-12(18)8-13(19)7-11/h6-8,10,14,18-19H,2-5,9,16H2,1H3. The zero-order chi connectivity index (χ0) is 14.7. The van der Waals surface area contributed by atoms with E-state index >= 15 is 0 Å². The first-order chi connectivity index (χ1) is 9.56. The fraction of sp³-hybridized carbons (Fsp3) is 0.533. The number of amides is 1. The summed E-state index contributed by atoms with van der Waals surface area (Å²) in [6.07, 6.45) is 3.10. The molecule has 4 N–H and O–H groups in total. The number of carbonyl (C=O) groups is 1. The molecule has 0 saturated heterocycles. The van der Waals surface area contributed by atoms with Gasteiger partial charge >= 0.3 is 0 Å². The topological polar surface area (TPSA) is 86.8 Å². The Morgan fingerprint density at radius 3 is 2.50 bits per heavy atom. The van der Waals surface area contributed by atoms with Crippen LogP contribution in [0.1, 0.15) is 36.5 Å². The first-order valence-electron chi connectivity index (χ1n) is 7.10. The van der Waals surface area contributed by atoms with E-state index in [1.54, 1.807) is 4.90 Å². The van der Waals surface area contributed by atoms with Crippen LogP contribution in [0.4, 0.5) is 0 Å². The van der Waals surface area contributed by atoms with Gasteiger partial charge in [-0.1, -0.05) is 6.42 Å². The summed E-state index contributed by atoms with van der Waals surface area (Å²) in [6.45, 7) is 3.11. The van der Waals surface area contributed by atoms with Crippen molar-refractivity contribution in [1.29, 1.82) is 0 Å². The second kappa shape index (κ2) is 6.13. The Hall–Kier alpha value is -1.75. The third-order valence-corrected chi connectivity index (χ3v) is 4.07. The van der Waals surface area contributed by atoms with Crippen molar-refractivity contribution in [3.8, 4) is 11.5 Å². The van der Waals surface area contributed by atoms with Crippen LogP contribution >= 0.6 is 0 Å². The molecule has 5 heteroatoms. The Morgan fingerprint density at radius 1 is 1.30 bits per heavy atom. The molecular weight excluding hydrogens is 256 g/mol. The Labute approximate surface area is 119 Å². The lowest BCUT2D eigenvalue weighted by molar-refractivity contribution is 0.0651. The molecule has 2 atom stereocenters. The predicted molar refractivity (Wildman–Crippen MR) is 76.7 cm³/mol. The average Bonchev–Trinajstić information content (AvgIpc) is 2.86. The van der Waals surface area contributed by atoms with Crippen LogP contribution in [0.2, 0.25) is 0 Å². The van der Waals surface area contributed by atoms with E-state index < -0.39 is 0 Å². The van der Waals surface area contributed by atoms with Crippen molar-refractivity contribution in [2.24, 2.45) is 11.7 Å². The number of benzene rings is 1. The minimum absolute atomic E-state index is 0.105. The minimum Gasteiger partial charge on any atom is -0.508 e. The van der Waals surface area contributed by atoms with E-state index in [4.69, 9.17) is 5.73 Å². The van der Waals surface area contributed by atoms with E-state index in [0.717, 1.165) is 19.3 Å². The molecule has 1 aliphatic rings. The van der Waals surface area contributed by atoms with Gasteiger partial charge in [0.25, 0.3) is 5.91 Å². The summed E-state index contributed by atoms with van der Waals surface area (Å²) in [6, 6.07) is 4.14. The van der Waals surface area contributed by atoms with Crippen molar-refractivity contribution in [3.63, 3.8) is 0 Å². The van der Waals surface area contributed by atoms with Gasteiger partial charge in [0.1, 0.15) is 11.5 Å². The number of hydrogen-bond donors (Lipinski definition) is 3. The molecular formula is C15H22N2O3. The number of hydrogen-bond acceptors (Lipinski definition) is 4. The van der Waals surface area contributed by atoms with Gasteiger partial charge < -0.3 is 20.8 Å². The smallest absolute Gasteiger partial charge is 0.254 e. The van der Waals surface area contributed by atoms with Gasteiger partial charge in [-0.05, 0) is 44.4 Å². The summed E-state index contributed by atoms with van der Waals surface area (Å²) < 4.78 is 0. The maximum absolute atomic E-state index is 12.6. The number of phenols is 2. The highest BCUT2D eigenvalue weighted by Crippen LogP contribution is 2.31. The molecule has 1 fully saturated rings. The van der Waals surface area contributed by atoms with Crippen LogP contribution in [0.15, 0.2) is 18.2 Å². The zero-order valence-electron chi connectivity index (χ0n) is 11.7.